The molecule has 2 amide bonds. The molecule has 22 heavy (non-hydrogen) atoms. The van der Waals surface area contributed by atoms with Crippen molar-refractivity contribution in [2.75, 3.05) is 33.3 Å². The summed E-state index contributed by atoms with van der Waals surface area (Å²) in [5.74, 6) is 0.753. The Bertz CT molecular complexity index is 576. The molecule has 120 valence electrons. The molecule has 0 spiro atoms. The second-order valence-corrected chi connectivity index (χ2v) is 5.69. The van der Waals surface area contributed by atoms with Crippen LogP contribution in [0.3, 0.4) is 0 Å². The lowest BCUT2D eigenvalue weighted by Crippen LogP contribution is -2.50. The molecule has 5 heteroatoms. The molecule has 1 aromatic carbocycles. The van der Waals surface area contributed by atoms with Gasteiger partial charge in [-0.2, -0.15) is 0 Å². The normalized spacial score (nSPS) is 14.9. The number of amides is 2. The molecule has 0 aliphatic carbocycles. The second kappa shape index (κ2) is 6.81. The van der Waals surface area contributed by atoms with E-state index in [0.29, 0.717) is 43.9 Å². The van der Waals surface area contributed by atoms with E-state index in [-0.39, 0.29) is 11.8 Å². The molecule has 0 radical (unpaired) electrons. The van der Waals surface area contributed by atoms with Gasteiger partial charge in [-0.1, -0.05) is 13.0 Å². The summed E-state index contributed by atoms with van der Waals surface area (Å²) < 4.78 is 5.38. The number of benzene rings is 1. The lowest BCUT2D eigenvalue weighted by Gasteiger charge is -2.35. The van der Waals surface area contributed by atoms with Crippen molar-refractivity contribution >= 4 is 11.8 Å². The van der Waals surface area contributed by atoms with E-state index in [2.05, 4.69) is 0 Å². The summed E-state index contributed by atoms with van der Waals surface area (Å²) in [7, 11) is 1.59. The maximum absolute atomic E-state index is 12.8. The fourth-order valence-electron chi connectivity index (χ4n) is 2.90. The third-order valence-electron chi connectivity index (χ3n) is 4.10. The van der Waals surface area contributed by atoms with Gasteiger partial charge >= 0.3 is 0 Å². The Kier molecular flexibility index (Phi) is 5.06. The summed E-state index contributed by atoms with van der Waals surface area (Å²) in [6.07, 6.45) is 0.513. The van der Waals surface area contributed by atoms with Crippen molar-refractivity contribution in [3.63, 3.8) is 0 Å². The van der Waals surface area contributed by atoms with Crippen LogP contribution in [0, 0.1) is 13.8 Å². The molecule has 1 heterocycles. The highest BCUT2D eigenvalue weighted by Crippen LogP contribution is 2.26. The molecule has 1 aromatic rings. The molecular formula is C17H24N2O3. The van der Waals surface area contributed by atoms with Crippen molar-refractivity contribution in [1.29, 1.82) is 0 Å². The van der Waals surface area contributed by atoms with Crippen molar-refractivity contribution < 1.29 is 14.3 Å². The van der Waals surface area contributed by atoms with Crippen LogP contribution in [0.25, 0.3) is 0 Å². The van der Waals surface area contributed by atoms with Gasteiger partial charge in [0, 0.05) is 32.6 Å². The van der Waals surface area contributed by atoms with Crippen LogP contribution in [0.4, 0.5) is 0 Å². The van der Waals surface area contributed by atoms with Crippen LogP contribution in [-0.2, 0) is 4.79 Å². The van der Waals surface area contributed by atoms with Crippen molar-refractivity contribution in [2.24, 2.45) is 0 Å². The van der Waals surface area contributed by atoms with Crippen molar-refractivity contribution in [2.45, 2.75) is 27.2 Å². The van der Waals surface area contributed by atoms with Gasteiger partial charge < -0.3 is 14.5 Å². The van der Waals surface area contributed by atoms with E-state index in [4.69, 9.17) is 4.74 Å². The van der Waals surface area contributed by atoms with Gasteiger partial charge in [0.1, 0.15) is 5.75 Å². The Balaban J connectivity index is 2.15. The second-order valence-electron chi connectivity index (χ2n) is 5.69. The number of carbonyl (C=O) groups is 2. The minimum Gasteiger partial charge on any atom is -0.496 e. The van der Waals surface area contributed by atoms with E-state index in [0.717, 1.165) is 11.1 Å². The summed E-state index contributed by atoms with van der Waals surface area (Å²) in [4.78, 5) is 28.1. The predicted octanol–water partition coefficient (Wildman–Crippen LogP) is 2.01. The van der Waals surface area contributed by atoms with Gasteiger partial charge in [-0.15, -0.1) is 0 Å². The van der Waals surface area contributed by atoms with Gasteiger partial charge in [0.25, 0.3) is 5.91 Å². The molecular weight excluding hydrogens is 280 g/mol. The highest BCUT2D eigenvalue weighted by Gasteiger charge is 2.27. The zero-order valence-electron chi connectivity index (χ0n) is 13.8. The first-order chi connectivity index (χ1) is 10.5. The molecule has 5 nitrogen and oxygen atoms in total. The van der Waals surface area contributed by atoms with Gasteiger partial charge in [0.15, 0.2) is 0 Å². The van der Waals surface area contributed by atoms with E-state index in [1.54, 1.807) is 12.0 Å². The molecule has 0 saturated carbocycles. The summed E-state index contributed by atoms with van der Waals surface area (Å²) in [6, 6.07) is 3.88. The standard InChI is InChI=1S/C17H24N2O3/c1-5-15(20)18-6-8-19(9-7-18)17(21)16-13(3)10-12(2)11-14(16)22-4/h10-11H,5-9H2,1-4H3. The first kappa shape index (κ1) is 16.3. The monoisotopic (exact) mass is 304 g/mol. The van der Waals surface area contributed by atoms with Gasteiger partial charge in [0.05, 0.1) is 12.7 Å². The number of hydrogen-bond acceptors (Lipinski definition) is 3. The summed E-state index contributed by atoms with van der Waals surface area (Å²) in [5.41, 5.74) is 2.63. The number of methoxy groups -OCH3 is 1. The number of nitrogens with zero attached hydrogens (tertiary/aromatic N) is 2. The van der Waals surface area contributed by atoms with Crippen LogP contribution >= 0.6 is 0 Å². The van der Waals surface area contributed by atoms with Crippen LogP contribution in [-0.4, -0.2) is 54.9 Å². The van der Waals surface area contributed by atoms with Crippen molar-refractivity contribution in [1.82, 2.24) is 9.80 Å². The van der Waals surface area contributed by atoms with Crippen LogP contribution in [0.5, 0.6) is 5.75 Å². The number of hydrogen-bond donors (Lipinski definition) is 0. The predicted molar refractivity (Wildman–Crippen MR) is 85.2 cm³/mol. The van der Waals surface area contributed by atoms with Crippen LogP contribution in [0.1, 0.15) is 34.8 Å². The molecule has 0 N–H and O–H groups in total. The minimum atomic E-state index is -0.0158. The summed E-state index contributed by atoms with van der Waals surface area (Å²) in [6.45, 7) is 8.12. The third kappa shape index (κ3) is 3.24. The SMILES string of the molecule is CCC(=O)N1CCN(C(=O)c2c(C)cc(C)cc2OC)CC1. The van der Waals surface area contributed by atoms with Crippen LogP contribution in [0.2, 0.25) is 0 Å². The highest BCUT2D eigenvalue weighted by molar-refractivity contribution is 5.98. The fraction of sp³-hybridized carbons (Fsp3) is 0.529. The fourth-order valence-corrected chi connectivity index (χ4v) is 2.90. The molecule has 0 bridgehead atoms. The maximum Gasteiger partial charge on any atom is 0.258 e. The number of ether oxygens (including phenoxy) is 1. The Morgan fingerprint density at radius 2 is 1.68 bits per heavy atom. The molecule has 1 saturated heterocycles. The minimum absolute atomic E-state index is 0.0158. The topological polar surface area (TPSA) is 49.9 Å². The van der Waals surface area contributed by atoms with Crippen LogP contribution in [0.15, 0.2) is 12.1 Å². The smallest absolute Gasteiger partial charge is 0.258 e. The largest absolute Gasteiger partial charge is 0.496 e. The number of piperazine rings is 1. The Morgan fingerprint density at radius 3 is 2.23 bits per heavy atom. The average molecular weight is 304 g/mol. The Labute approximate surface area is 131 Å². The lowest BCUT2D eigenvalue weighted by atomic mass is 10.0. The molecule has 0 atom stereocenters. The summed E-state index contributed by atoms with van der Waals surface area (Å²) >= 11 is 0. The lowest BCUT2D eigenvalue weighted by molar-refractivity contribution is -0.132. The van der Waals surface area contributed by atoms with Crippen molar-refractivity contribution in [3.8, 4) is 5.75 Å². The summed E-state index contributed by atoms with van der Waals surface area (Å²) in [5, 5.41) is 0. The van der Waals surface area contributed by atoms with E-state index in [1.807, 2.05) is 37.8 Å². The van der Waals surface area contributed by atoms with Gasteiger partial charge in [-0.25, -0.2) is 0 Å². The van der Waals surface area contributed by atoms with E-state index >= 15 is 0 Å². The molecule has 0 unspecified atom stereocenters. The number of rotatable bonds is 3. The molecule has 0 aromatic heterocycles. The Hall–Kier alpha value is -2.04. The molecule has 2 rings (SSSR count). The first-order valence-electron chi connectivity index (χ1n) is 7.70. The van der Waals surface area contributed by atoms with E-state index < -0.39 is 0 Å². The van der Waals surface area contributed by atoms with Gasteiger partial charge in [0.2, 0.25) is 5.91 Å². The quantitative estimate of drug-likeness (QED) is 0.858. The zero-order valence-corrected chi connectivity index (χ0v) is 13.8. The van der Waals surface area contributed by atoms with Gasteiger partial charge in [-0.3, -0.25) is 9.59 Å². The molecule has 1 aliphatic heterocycles. The number of aryl methyl sites for hydroxylation is 2. The third-order valence-corrected chi connectivity index (χ3v) is 4.10. The van der Waals surface area contributed by atoms with Crippen molar-refractivity contribution in [3.05, 3.63) is 28.8 Å². The van der Waals surface area contributed by atoms with E-state index in [9.17, 15) is 9.59 Å². The zero-order chi connectivity index (χ0) is 16.3. The average Bonchev–Trinajstić information content (AvgIpc) is 2.52. The first-order valence-corrected chi connectivity index (χ1v) is 7.70. The maximum atomic E-state index is 12.8. The van der Waals surface area contributed by atoms with Crippen LogP contribution < -0.4 is 4.74 Å². The molecule has 1 aliphatic rings. The van der Waals surface area contributed by atoms with E-state index in [1.165, 1.54) is 0 Å². The number of carbonyl (C=O) groups excluding carboxylic acids is 2. The highest BCUT2D eigenvalue weighted by atomic mass is 16.5. The molecule has 1 fully saturated rings. The van der Waals surface area contributed by atoms with Gasteiger partial charge in [-0.05, 0) is 31.0 Å². The Morgan fingerprint density at radius 1 is 1.09 bits per heavy atom.